The highest BCUT2D eigenvalue weighted by Crippen LogP contribution is 2.33. The van der Waals surface area contributed by atoms with Crippen LogP contribution in [0.3, 0.4) is 0 Å². The fraction of sp³-hybridized carbons (Fsp3) is 0.100. The van der Waals surface area contributed by atoms with Crippen molar-refractivity contribution in [2.24, 2.45) is 0 Å². The molecule has 0 saturated heterocycles. The normalized spacial score (nSPS) is 9.62. The lowest BCUT2D eigenvalue weighted by molar-refractivity contribution is 1.13. The summed E-state index contributed by atoms with van der Waals surface area (Å²) in [4.78, 5) is 0. The maximum Gasteiger partial charge on any atom is 0.160 e. The number of nitrogens with one attached hydrogen (secondary N) is 1. The summed E-state index contributed by atoms with van der Waals surface area (Å²) in [5.41, 5.74) is 1.18. The van der Waals surface area contributed by atoms with E-state index < -0.39 is 0 Å². The number of rotatable bonds is 3. The Bertz CT molecular complexity index is 445. The fourth-order valence-electron chi connectivity index (χ4n) is 1.15. The minimum absolute atomic E-state index is 0. The highest BCUT2D eigenvalue weighted by molar-refractivity contribution is 7.11. The van der Waals surface area contributed by atoms with E-state index in [0.717, 1.165) is 0 Å². The summed E-state index contributed by atoms with van der Waals surface area (Å²) in [6.07, 6.45) is 0. The SMILES string of the molecule is Cl.Clc1snc(NCc2ccccc2)c1Cl. The first-order valence-electron chi connectivity index (χ1n) is 4.36. The predicted octanol–water partition coefficient (Wildman–Crippen LogP) is 4.48. The van der Waals surface area contributed by atoms with E-state index in [0.29, 0.717) is 21.7 Å². The summed E-state index contributed by atoms with van der Waals surface area (Å²) < 4.78 is 4.62. The molecule has 0 aliphatic rings. The smallest absolute Gasteiger partial charge is 0.160 e. The van der Waals surface area contributed by atoms with Crippen molar-refractivity contribution in [3.05, 3.63) is 45.3 Å². The molecule has 1 aromatic carbocycles. The van der Waals surface area contributed by atoms with Crippen LogP contribution in [-0.4, -0.2) is 4.37 Å². The number of aromatic nitrogens is 1. The van der Waals surface area contributed by atoms with E-state index in [2.05, 4.69) is 9.69 Å². The van der Waals surface area contributed by atoms with Gasteiger partial charge in [0.05, 0.1) is 0 Å². The third-order valence-corrected chi connectivity index (χ3v) is 3.51. The number of hydrogen-bond acceptors (Lipinski definition) is 3. The first-order valence-corrected chi connectivity index (χ1v) is 5.89. The van der Waals surface area contributed by atoms with Crippen LogP contribution in [0.1, 0.15) is 5.56 Å². The largest absolute Gasteiger partial charge is 0.364 e. The summed E-state index contributed by atoms with van der Waals surface area (Å²) >= 11 is 12.9. The van der Waals surface area contributed by atoms with Crippen molar-refractivity contribution in [3.8, 4) is 0 Å². The number of benzene rings is 1. The van der Waals surface area contributed by atoms with Crippen molar-refractivity contribution in [2.45, 2.75) is 6.54 Å². The van der Waals surface area contributed by atoms with Gasteiger partial charge in [-0.15, -0.1) is 12.4 Å². The van der Waals surface area contributed by atoms with E-state index in [4.69, 9.17) is 23.2 Å². The topological polar surface area (TPSA) is 24.9 Å². The molecular weight excluding hydrogens is 287 g/mol. The Balaban J connectivity index is 0.00000128. The third-order valence-electron chi connectivity index (χ3n) is 1.90. The van der Waals surface area contributed by atoms with Crippen LogP contribution < -0.4 is 5.32 Å². The Kier molecular flexibility index (Phi) is 5.35. The standard InChI is InChI=1S/C10H8Cl2N2S.ClH/c11-8-9(12)15-14-10(8)13-6-7-4-2-1-3-5-7;/h1-5H,6H2,(H,13,14);1H. The summed E-state index contributed by atoms with van der Waals surface area (Å²) in [7, 11) is 0. The van der Waals surface area contributed by atoms with Crippen LogP contribution in [0.2, 0.25) is 9.36 Å². The minimum Gasteiger partial charge on any atom is -0.364 e. The lowest BCUT2D eigenvalue weighted by Gasteiger charge is -2.02. The van der Waals surface area contributed by atoms with E-state index in [1.807, 2.05) is 30.3 Å². The van der Waals surface area contributed by atoms with Gasteiger partial charge in [0.2, 0.25) is 0 Å². The monoisotopic (exact) mass is 294 g/mol. The van der Waals surface area contributed by atoms with Crippen LogP contribution >= 0.6 is 47.1 Å². The van der Waals surface area contributed by atoms with Crippen LogP contribution in [-0.2, 0) is 6.54 Å². The molecule has 0 aliphatic carbocycles. The molecule has 1 aromatic heterocycles. The quantitative estimate of drug-likeness (QED) is 0.903. The van der Waals surface area contributed by atoms with Gasteiger partial charge in [0.15, 0.2) is 5.82 Å². The average molecular weight is 296 g/mol. The van der Waals surface area contributed by atoms with Crippen LogP contribution in [0.15, 0.2) is 30.3 Å². The van der Waals surface area contributed by atoms with E-state index in [-0.39, 0.29) is 12.4 Å². The molecule has 0 radical (unpaired) electrons. The van der Waals surface area contributed by atoms with Gasteiger partial charge in [-0.1, -0.05) is 53.5 Å². The second-order valence-electron chi connectivity index (χ2n) is 2.96. The minimum atomic E-state index is 0. The van der Waals surface area contributed by atoms with Crippen molar-refractivity contribution < 1.29 is 0 Å². The number of nitrogens with zero attached hydrogens (tertiary/aromatic N) is 1. The van der Waals surface area contributed by atoms with Crippen molar-refractivity contribution in [1.29, 1.82) is 0 Å². The first kappa shape index (κ1) is 13.6. The third kappa shape index (κ3) is 3.25. The molecule has 16 heavy (non-hydrogen) atoms. The molecule has 1 heterocycles. The first-order chi connectivity index (χ1) is 7.27. The summed E-state index contributed by atoms with van der Waals surface area (Å²) in [6.45, 7) is 0.695. The molecule has 0 aliphatic heterocycles. The van der Waals surface area contributed by atoms with Gasteiger partial charge in [-0.2, -0.15) is 4.37 Å². The molecule has 86 valence electrons. The van der Waals surface area contributed by atoms with E-state index in [9.17, 15) is 0 Å². The van der Waals surface area contributed by atoms with Crippen LogP contribution in [0, 0.1) is 0 Å². The Morgan fingerprint density at radius 3 is 2.44 bits per heavy atom. The zero-order valence-corrected chi connectivity index (χ0v) is 11.3. The Hall–Kier alpha value is -0.480. The maximum atomic E-state index is 5.93. The zero-order valence-electron chi connectivity index (χ0n) is 8.11. The molecule has 2 rings (SSSR count). The molecule has 0 amide bonds. The Morgan fingerprint density at radius 1 is 1.19 bits per heavy atom. The maximum absolute atomic E-state index is 5.93. The fourth-order valence-corrected chi connectivity index (χ4v) is 2.11. The van der Waals surface area contributed by atoms with E-state index in [1.54, 1.807) is 0 Å². The summed E-state index contributed by atoms with van der Waals surface area (Å²) in [5, 5.41) is 3.63. The van der Waals surface area contributed by atoms with Crippen LogP contribution in [0.25, 0.3) is 0 Å². The second-order valence-corrected chi connectivity index (χ2v) is 4.71. The number of anilines is 1. The molecule has 6 heteroatoms. The molecule has 0 saturated carbocycles. The lowest BCUT2D eigenvalue weighted by Crippen LogP contribution is -1.99. The van der Waals surface area contributed by atoms with Crippen LogP contribution in [0.5, 0.6) is 0 Å². The van der Waals surface area contributed by atoms with Crippen molar-refractivity contribution in [3.63, 3.8) is 0 Å². The number of halogens is 3. The van der Waals surface area contributed by atoms with Gasteiger partial charge >= 0.3 is 0 Å². The molecule has 0 atom stereocenters. The molecule has 0 unspecified atom stereocenters. The van der Waals surface area contributed by atoms with Gasteiger partial charge in [0.1, 0.15) is 9.36 Å². The highest BCUT2D eigenvalue weighted by Gasteiger charge is 2.08. The van der Waals surface area contributed by atoms with Crippen LogP contribution in [0.4, 0.5) is 5.82 Å². The van der Waals surface area contributed by atoms with Gasteiger partial charge < -0.3 is 5.32 Å². The highest BCUT2D eigenvalue weighted by atomic mass is 35.5. The molecule has 0 spiro atoms. The average Bonchev–Trinajstić information content (AvgIpc) is 2.59. The van der Waals surface area contributed by atoms with Crippen molar-refractivity contribution >= 4 is 53.0 Å². The molecule has 0 bridgehead atoms. The summed E-state index contributed by atoms with van der Waals surface area (Å²) in [5.74, 6) is 0.649. The second kappa shape index (κ2) is 6.30. The summed E-state index contributed by atoms with van der Waals surface area (Å²) in [6, 6.07) is 10.0. The van der Waals surface area contributed by atoms with Crippen molar-refractivity contribution in [1.82, 2.24) is 4.37 Å². The number of hydrogen-bond donors (Lipinski definition) is 1. The molecule has 1 N–H and O–H groups in total. The molecule has 2 aromatic rings. The van der Waals surface area contributed by atoms with Gasteiger partial charge in [0.25, 0.3) is 0 Å². The predicted molar refractivity (Wildman–Crippen MR) is 73.2 cm³/mol. The molecule has 2 nitrogen and oxygen atoms in total. The van der Waals surface area contributed by atoms with E-state index >= 15 is 0 Å². The van der Waals surface area contributed by atoms with Gasteiger partial charge in [-0.25, -0.2) is 0 Å². The molecular formula is C10H9Cl3N2S. The van der Waals surface area contributed by atoms with Crippen molar-refractivity contribution in [2.75, 3.05) is 5.32 Å². The molecule has 0 fully saturated rings. The zero-order chi connectivity index (χ0) is 10.7. The van der Waals surface area contributed by atoms with Gasteiger partial charge in [-0.3, -0.25) is 0 Å². The lowest BCUT2D eigenvalue weighted by atomic mass is 10.2. The van der Waals surface area contributed by atoms with Gasteiger partial charge in [0, 0.05) is 6.54 Å². The Morgan fingerprint density at radius 2 is 1.88 bits per heavy atom. The van der Waals surface area contributed by atoms with Gasteiger partial charge in [-0.05, 0) is 17.1 Å². The Labute approximate surface area is 114 Å². The van der Waals surface area contributed by atoms with E-state index in [1.165, 1.54) is 17.1 Å².